The molecule has 1 aliphatic rings. The maximum Gasteiger partial charge on any atom is 0.410 e. The Labute approximate surface area is 287 Å². The van der Waals surface area contributed by atoms with Crippen LogP contribution in [0.1, 0.15) is 40.0 Å². The number of benzene rings is 2. The zero-order valence-electron chi connectivity index (χ0n) is 27.5. The van der Waals surface area contributed by atoms with Crippen LogP contribution in [0.4, 0.5) is 20.6 Å². The van der Waals surface area contributed by atoms with Crippen LogP contribution in [0, 0.1) is 11.7 Å². The van der Waals surface area contributed by atoms with Gasteiger partial charge in [-0.05, 0) is 82.0 Å². The number of halogens is 2. The third-order valence-electron chi connectivity index (χ3n) is 7.47. The summed E-state index contributed by atoms with van der Waals surface area (Å²) in [6.45, 7) is 7.20. The number of ether oxygens (including phenoxy) is 4. The van der Waals surface area contributed by atoms with E-state index in [1.807, 2.05) is 20.8 Å². The normalized spacial score (nSPS) is 13.5. The number of likely N-dealkylation sites (tertiary alicyclic amines) is 1. The Morgan fingerprint density at radius 3 is 2.29 bits per heavy atom. The number of nitrogens with one attached hydrogen (secondary N) is 2. The van der Waals surface area contributed by atoms with Gasteiger partial charge in [-0.2, -0.15) is 0 Å². The van der Waals surface area contributed by atoms with Gasteiger partial charge in [-0.25, -0.2) is 14.2 Å². The largest absolute Gasteiger partial charge is 0.493 e. The van der Waals surface area contributed by atoms with Crippen LogP contribution in [0.2, 0.25) is 5.02 Å². The first-order valence-corrected chi connectivity index (χ1v) is 16.0. The second kappa shape index (κ2) is 15.4. The van der Waals surface area contributed by atoms with Crippen molar-refractivity contribution in [3.63, 3.8) is 0 Å². The lowest BCUT2D eigenvalue weighted by molar-refractivity contribution is -0.123. The first-order valence-electron chi connectivity index (χ1n) is 15.6. The second-order valence-corrected chi connectivity index (χ2v) is 12.9. The molecule has 5 rings (SSSR count). The molecule has 14 heteroatoms. The minimum atomic E-state index is -0.595. The van der Waals surface area contributed by atoms with Crippen molar-refractivity contribution in [2.45, 2.75) is 45.6 Å². The molecule has 1 fully saturated rings. The van der Waals surface area contributed by atoms with Crippen molar-refractivity contribution in [2.24, 2.45) is 5.92 Å². The average molecular weight is 694 g/mol. The van der Waals surface area contributed by atoms with Gasteiger partial charge in [0.05, 0.1) is 31.1 Å². The lowest BCUT2D eigenvalue weighted by atomic mass is 9.98. The summed E-state index contributed by atoms with van der Waals surface area (Å²) < 4.78 is 36.4. The summed E-state index contributed by atoms with van der Waals surface area (Å²) in [7, 11) is 1.54. The number of anilines is 2. The first-order chi connectivity index (χ1) is 23.4. The lowest BCUT2D eigenvalue weighted by Gasteiger charge is -2.33. The van der Waals surface area contributed by atoms with E-state index in [1.54, 1.807) is 36.4 Å². The fraction of sp³-hybridized carbons (Fsp3) is 0.343. The number of carbonyl (C=O) groups is 3. The highest BCUT2D eigenvalue weighted by Crippen LogP contribution is 2.38. The summed E-state index contributed by atoms with van der Waals surface area (Å²) in [6, 6.07) is 11.8. The summed E-state index contributed by atoms with van der Waals surface area (Å²) in [5.41, 5.74) is 0.679. The van der Waals surface area contributed by atoms with E-state index in [-0.39, 0.29) is 28.6 Å². The Morgan fingerprint density at radius 1 is 0.939 bits per heavy atom. The van der Waals surface area contributed by atoms with E-state index < -0.39 is 29.7 Å². The van der Waals surface area contributed by atoms with Crippen LogP contribution >= 0.6 is 11.6 Å². The molecule has 3 amide bonds. The second-order valence-electron chi connectivity index (χ2n) is 12.4. The first kappa shape index (κ1) is 35.1. The Kier molecular flexibility index (Phi) is 11.0. The molecule has 1 aliphatic heterocycles. The average Bonchev–Trinajstić information content (AvgIpc) is 3.05. The number of fused-ring (bicyclic) bond motifs is 1. The van der Waals surface area contributed by atoms with Crippen molar-refractivity contribution < 1.29 is 37.7 Å². The highest BCUT2D eigenvalue weighted by atomic mass is 35.5. The minimum absolute atomic E-state index is 0.0817. The molecule has 49 heavy (non-hydrogen) atoms. The van der Waals surface area contributed by atoms with Crippen molar-refractivity contribution in [1.29, 1.82) is 0 Å². The highest BCUT2D eigenvalue weighted by Gasteiger charge is 2.27. The zero-order valence-corrected chi connectivity index (χ0v) is 28.3. The van der Waals surface area contributed by atoms with E-state index >= 15 is 0 Å². The van der Waals surface area contributed by atoms with Crippen molar-refractivity contribution in [3.8, 4) is 23.1 Å². The van der Waals surface area contributed by atoms with E-state index in [1.165, 1.54) is 36.5 Å². The molecule has 1 saturated heterocycles. The third-order valence-corrected chi connectivity index (χ3v) is 7.75. The van der Waals surface area contributed by atoms with Gasteiger partial charge in [0, 0.05) is 36.4 Å². The molecule has 0 bridgehead atoms. The number of carbonyl (C=O) groups excluding carboxylic acids is 3. The summed E-state index contributed by atoms with van der Waals surface area (Å²) in [6.07, 6.45) is 3.73. The topological polar surface area (TPSA) is 141 Å². The van der Waals surface area contributed by atoms with Crippen molar-refractivity contribution in [2.75, 3.05) is 37.4 Å². The van der Waals surface area contributed by atoms with E-state index in [0.717, 1.165) is 12.8 Å². The number of rotatable bonds is 10. The number of piperidine rings is 1. The molecule has 4 aromatic rings. The van der Waals surface area contributed by atoms with Gasteiger partial charge in [0.25, 0.3) is 0 Å². The molecule has 2 N–H and O–H groups in total. The Hall–Kier alpha value is -5.17. The molecular weight excluding hydrogens is 657 g/mol. The summed E-state index contributed by atoms with van der Waals surface area (Å²) in [4.78, 5) is 47.5. The SMILES string of the molecule is COc1cc2c(Oc3ncc(NC(=O)CC(=O)Nc4ccc(F)cc4)cc3Cl)ccnc2cc1OCC1CCN(C(=O)OC(C)(C)C)CC1. The van der Waals surface area contributed by atoms with Crippen LogP contribution in [0.3, 0.4) is 0 Å². The van der Waals surface area contributed by atoms with Crippen LogP contribution in [0.15, 0.2) is 60.9 Å². The summed E-state index contributed by atoms with van der Waals surface area (Å²) in [5.74, 6) is 0.146. The van der Waals surface area contributed by atoms with Gasteiger partial charge in [0.2, 0.25) is 17.7 Å². The van der Waals surface area contributed by atoms with Gasteiger partial charge in [-0.15, -0.1) is 0 Å². The van der Waals surface area contributed by atoms with Crippen molar-refractivity contribution in [1.82, 2.24) is 14.9 Å². The Morgan fingerprint density at radius 2 is 1.63 bits per heavy atom. The summed E-state index contributed by atoms with van der Waals surface area (Å²) in [5, 5.41) is 5.84. The smallest absolute Gasteiger partial charge is 0.410 e. The minimum Gasteiger partial charge on any atom is -0.493 e. The molecule has 0 radical (unpaired) electrons. The molecule has 0 aliphatic carbocycles. The number of hydrogen-bond acceptors (Lipinski definition) is 9. The monoisotopic (exact) mass is 693 g/mol. The van der Waals surface area contributed by atoms with Crippen LogP contribution in [-0.2, 0) is 14.3 Å². The number of aromatic nitrogens is 2. The number of nitrogens with zero attached hydrogens (tertiary/aromatic N) is 3. The molecule has 0 atom stereocenters. The predicted molar refractivity (Wildman–Crippen MR) is 182 cm³/mol. The predicted octanol–water partition coefficient (Wildman–Crippen LogP) is 7.22. The van der Waals surface area contributed by atoms with Crippen LogP contribution < -0.4 is 24.8 Å². The maximum atomic E-state index is 13.1. The van der Waals surface area contributed by atoms with Gasteiger partial charge in [-0.1, -0.05) is 11.6 Å². The highest BCUT2D eigenvalue weighted by molar-refractivity contribution is 6.32. The third kappa shape index (κ3) is 9.69. The molecule has 0 spiro atoms. The summed E-state index contributed by atoms with van der Waals surface area (Å²) >= 11 is 6.46. The Balaban J connectivity index is 1.19. The van der Waals surface area contributed by atoms with Gasteiger partial charge in [-0.3, -0.25) is 14.6 Å². The van der Waals surface area contributed by atoms with Crippen LogP contribution in [-0.4, -0.2) is 65.2 Å². The lowest BCUT2D eigenvalue weighted by Crippen LogP contribution is -2.42. The molecule has 0 saturated carbocycles. The van der Waals surface area contributed by atoms with E-state index in [4.69, 9.17) is 30.5 Å². The quantitative estimate of drug-likeness (QED) is 0.165. The fourth-order valence-corrected chi connectivity index (χ4v) is 5.27. The molecule has 2 aromatic heterocycles. The van der Waals surface area contributed by atoms with Crippen molar-refractivity contribution in [3.05, 3.63) is 71.8 Å². The van der Waals surface area contributed by atoms with E-state index in [9.17, 15) is 18.8 Å². The van der Waals surface area contributed by atoms with Crippen molar-refractivity contribution >= 4 is 51.8 Å². The number of methoxy groups -OCH3 is 1. The number of hydrogen-bond donors (Lipinski definition) is 2. The molecular formula is C35H37ClFN5O7. The van der Waals surface area contributed by atoms with Gasteiger partial charge >= 0.3 is 6.09 Å². The van der Waals surface area contributed by atoms with E-state index in [2.05, 4.69) is 20.6 Å². The Bertz CT molecular complexity index is 1830. The number of pyridine rings is 2. The zero-order chi connectivity index (χ0) is 35.1. The standard InChI is InChI=1S/C35H37ClFN5O7/c1-35(2,3)49-34(45)42-13-10-21(11-14-42)20-47-30-17-27-25(16-29(30)46-4)28(9-12-38-27)48-33-26(36)15-24(19-39-33)41-32(44)18-31(43)40-23-7-5-22(37)6-8-23/h5-9,12,15-17,19,21H,10-11,13-14,18,20H2,1-4H3,(H,40,43)(H,41,44). The molecule has 258 valence electrons. The molecule has 0 unspecified atom stereocenters. The van der Waals surface area contributed by atoms with Crippen LogP contribution in [0.25, 0.3) is 10.9 Å². The van der Waals surface area contributed by atoms with Gasteiger partial charge < -0.3 is 34.5 Å². The fourth-order valence-electron chi connectivity index (χ4n) is 5.07. The molecule has 12 nitrogen and oxygen atoms in total. The van der Waals surface area contributed by atoms with E-state index in [0.29, 0.717) is 53.5 Å². The molecule has 2 aromatic carbocycles. The number of amides is 3. The molecule has 3 heterocycles. The van der Waals surface area contributed by atoms with Crippen LogP contribution in [0.5, 0.6) is 23.1 Å². The van der Waals surface area contributed by atoms with Gasteiger partial charge in [0.1, 0.15) is 28.6 Å². The van der Waals surface area contributed by atoms with Gasteiger partial charge in [0.15, 0.2) is 11.5 Å². The maximum absolute atomic E-state index is 13.1.